The van der Waals surface area contributed by atoms with Gasteiger partial charge in [-0.2, -0.15) is 0 Å². The lowest BCUT2D eigenvalue weighted by atomic mass is 10.2. The van der Waals surface area contributed by atoms with Gasteiger partial charge >= 0.3 is 0 Å². The van der Waals surface area contributed by atoms with Crippen LogP contribution in [0.5, 0.6) is 0 Å². The van der Waals surface area contributed by atoms with Crippen molar-refractivity contribution in [2.45, 2.75) is 45.1 Å². The van der Waals surface area contributed by atoms with Gasteiger partial charge in [-0.25, -0.2) is 0 Å². The van der Waals surface area contributed by atoms with E-state index >= 15 is 0 Å². The maximum absolute atomic E-state index is 4.78. The topological polar surface area (TPSA) is 42.9 Å². The predicted octanol–water partition coefficient (Wildman–Crippen LogP) is 2.70. The molecular formula is C21H35N5. The molecular weight excluding hydrogens is 322 g/mol. The van der Waals surface area contributed by atoms with Crippen LogP contribution in [0.3, 0.4) is 0 Å². The zero-order valence-electron chi connectivity index (χ0n) is 16.3. The normalized spacial score (nSPS) is 19.7. The highest BCUT2D eigenvalue weighted by Crippen LogP contribution is 2.17. The molecule has 1 saturated carbocycles. The standard InChI is InChI=1S/C21H35N5/c1-2-22-21(24-19-9-6-7-10-19)23-13-8-14-25-15-17-26(18-16-25)20-11-4-3-5-12-20/h3-5,11-12,19H,2,6-10,13-18H2,1H3,(H2,22,23,24). The minimum Gasteiger partial charge on any atom is -0.369 e. The molecule has 2 N–H and O–H groups in total. The van der Waals surface area contributed by atoms with Gasteiger partial charge in [0.25, 0.3) is 0 Å². The van der Waals surface area contributed by atoms with Crippen LogP contribution in [0.25, 0.3) is 0 Å². The van der Waals surface area contributed by atoms with Crippen LogP contribution in [0.4, 0.5) is 5.69 Å². The highest BCUT2D eigenvalue weighted by Gasteiger charge is 2.17. The Hall–Kier alpha value is -1.75. The van der Waals surface area contributed by atoms with E-state index in [1.54, 1.807) is 0 Å². The SMILES string of the molecule is CCNC(=NCCCN1CCN(c2ccccc2)CC1)NC1CCCC1. The summed E-state index contributed by atoms with van der Waals surface area (Å²) < 4.78 is 0. The number of hydrogen-bond acceptors (Lipinski definition) is 3. The first-order chi connectivity index (χ1) is 12.8. The van der Waals surface area contributed by atoms with E-state index < -0.39 is 0 Å². The molecule has 1 aliphatic heterocycles. The summed E-state index contributed by atoms with van der Waals surface area (Å²) in [6, 6.07) is 11.4. The number of benzene rings is 1. The molecule has 26 heavy (non-hydrogen) atoms. The zero-order chi connectivity index (χ0) is 18.0. The smallest absolute Gasteiger partial charge is 0.191 e. The van der Waals surface area contributed by atoms with Crippen LogP contribution >= 0.6 is 0 Å². The van der Waals surface area contributed by atoms with Crippen molar-refractivity contribution in [3.63, 3.8) is 0 Å². The Morgan fingerprint density at radius 2 is 1.81 bits per heavy atom. The van der Waals surface area contributed by atoms with E-state index in [-0.39, 0.29) is 0 Å². The average molecular weight is 358 g/mol. The Morgan fingerprint density at radius 3 is 2.50 bits per heavy atom. The summed E-state index contributed by atoms with van der Waals surface area (Å²) in [5.41, 5.74) is 1.35. The Kier molecular flexibility index (Phi) is 7.62. The molecule has 1 aliphatic carbocycles. The summed E-state index contributed by atoms with van der Waals surface area (Å²) in [4.78, 5) is 9.85. The van der Waals surface area contributed by atoms with Gasteiger partial charge in [-0.1, -0.05) is 31.0 Å². The van der Waals surface area contributed by atoms with Gasteiger partial charge in [-0.15, -0.1) is 0 Å². The fraction of sp³-hybridized carbons (Fsp3) is 0.667. The number of nitrogens with zero attached hydrogens (tertiary/aromatic N) is 3. The number of rotatable bonds is 7. The highest BCUT2D eigenvalue weighted by molar-refractivity contribution is 5.80. The largest absolute Gasteiger partial charge is 0.369 e. The Morgan fingerprint density at radius 1 is 1.08 bits per heavy atom. The van der Waals surface area contributed by atoms with E-state index in [1.165, 1.54) is 31.4 Å². The van der Waals surface area contributed by atoms with Crippen LogP contribution in [-0.4, -0.2) is 62.7 Å². The summed E-state index contributed by atoms with van der Waals surface area (Å²) >= 11 is 0. The van der Waals surface area contributed by atoms with Gasteiger partial charge in [0.2, 0.25) is 0 Å². The number of nitrogens with one attached hydrogen (secondary N) is 2. The molecule has 3 rings (SSSR count). The van der Waals surface area contributed by atoms with Gasteiger partial charge in [0.1, 0.15) is 0 Å². The molecule has 2 aliphatic rings. The van der Waals surface area contributed by atoms with Crippen LogP contribution in [0.2, 0.25) is 0 Å². The highest BCUT2D eigenvalue weighted by atomic mass is 15.3. The van der Waals surface area contributed by atoms with Crippen molar-refractivity contribution >= 4 is 11.6 Å². The van der Waals surface area contributed by atoms with Gasteiger partial charge < -0.3 is 15.5 Å². The lowest BCUT2D eigenvalue weighted by Gasteiger charge is -2.36. The minimum absolute atomic E-state index is 0.624. The molecule has 144 valence electrons. The molecule has 0 aromatic heterocycles. The Balaban J connectivity index is 1.35. The number of guanidine groups is 1. The van der Waals surface area contributed by atoms with E-state index in [4.69, 9.17) is 4.99 Å². The molecule has 1 saturated heterocycles. The monoisotopic (exact) mass is 357 g/mol. The molecule has 0 atom stereocenters. The van der Waals surface area contributed by atoms with Crippen molar-refractivity contribution in [2.75, 3.05) is 50.7 Å². The third kappa shape index (κ3) is 5.90. The van der Waals surface area contributed by atoms with Crippen LogP contribution < -0.4 is 15.5 Å². The van der Waals surface area contributed by atoms with E-state index in [1.807, 2.05) is 0 Å². The number of hydrogen-bond donors (Lipinski definition) is 2. The fourth-order valence-corrected chi connectivity index (χ4v) is 3.94. The first-order valence-corrected chi connectivity index (χ1v) is 10.4. The number of aliphatic imine (C=N–C) groups is 1. The van der Waals surface area contributed by atoms with Crippen LogP contribution in [0, 0.1) is 0 Å². The quantitative estimate of drug-likeness (QED) is 0.447. The third-order valence-electron chi connectivity index (χ3n) is 5.44. The Labute approximate surface area is 158 Å². The van der Waals surface area contributed by atoms with Crippen molar-refractivity contribution in [3.8, 4) is 0 Å². The summed E-state index contributed by atoms with van der Waals surface area (Å²) in [7, 11) is 0. The zero-order valence-corrected chi connectivity index (χ0v) is 16.3. The predicted molar refractivity (Wildman–Crippen MR) is 111 cm³/mol. The van der Waals surface area contributed by atoms with E-state index in [9.17, 15) is 0 Å². The van der Waals surface area contributed by atoms with Crippen molar-refractivity contribution in [1.82, 2.24) is 15.5 Å². The first-order valence-electron chi connectivity index (χ1n) is 10.4. The van der Waals surface area contributed by atoms with Crippen molar-refractivity contribution < 1.29 is 0 Å². The summed E-state index contributed by atoms with van der Waals surface area (Å²) in [5, 5.41) is 6.99. The second kappa shape index (κ2) is 10.4. The molecule has 1 heterocycles. The fourth-order valence-electron chi connectivity index (χ4n) is 3.94. The summed E-state index contributed by atoms with van der Waals surface area (Å²) in [5.74, 6) is 1.01. The molecule has 2 fully saturated rings. The second-order valence-electron chi connectivity index (χ2n) is 7.40. The van der Waals surface area contributed by atoms with Gasteiger partial charge in [0.05, 0.1) is 0 Å². The van der Waals surface area contributed by atoms with E-state index in [2.05, 4.69) is 57.7 Å². The summed E-state index contributed by atoms with van der Waals surface area (Å²) in [6.07, 6.45) is 6.41. The molecule has 0 amide bonds. The minimum atomic E-state index is 0.624. The molecule has 0 unspecified atom stereocenters. The van der Waals surface area contributed by atoms with E-state index in [0.717, 1.165) is 58.2 Å². The third-order valence-corrected chi connectivity index (χ3v) is 5.44. The van der Waals surface area contributed by atoms with Crippen molar-refractivity contribution in [3.05, 3.63) is 30.3 Å². The number of para-hydroxylation sites is 1. The van der Waals surface area contributed by atoms with Crippen LogP contribution in [-0.2, 0) is 0 Å². The number of anilines is 1. The molecule has 0 spiro atoms. The molecule has 5 heteroatoms. The maximum Gasteiger partial charge on any atom is 0.191 e. The van der Waals surface area contributed by atoms with Gasteiger partial charge in [-0.3, -0.25) is 9.89 Å². The molecule has 1 aromatic carbocycles. The van der Waals surface area contributed by atoms with Crippen molar-refractivity contribution in [2.24, 2.45) is 4.99 Å². The molecule has 5 nitrogen and oxygen atoms in total. The lowest BCUT2D eigenvalue weighted by Crippen LogP contribution is -2.46. The van der Waals surface area contributed by atoms with Gasteiger partial charge in [0, 0.05) is 57.5 Å². The van der Waals surface area contributed by atoms with Crippen molar-refractivity contribution in [1.29, 1.82) is 0 Å². The van der Waals surface area contributed by atoms with Gasteiger partial charge in [-0.05, 0) is 38.3 Å². The van der Waals surface area contributed by atoms with Crippen LogP contribution in [0.15, 0.2) is 35.3 Å². The lowest BCUT2D eigenvalue weighted by molar-refractivity contribution is 0.256. The molecule has 1 aromatic rings. The molecule has 0 radical (unpaired) electrons. The summed E-state index contributed by atoms with van der Waals surface area (Å²) in [6.45, 7) is 9.67. The Bertz CT molecular complexity index is 531. The van der Waals surface area contributed by atoms with Crippen LogP contribution in [0.1, 0.15) is 39.0 Å². The maximum atomic E-state index is 4.78. The first kappa shape index (κ1) is 19.0. The van der Waals surface area contributed by atoms with E-state index in [0.29, 0.717) is 6.04 Å². The number of piperazine rings is 1. The molecule has 0 bridgehead atoms. The van der Waals surface area contributed by atoms with Gasteiger partial charge in [0.15, 0.2) is 5.96 Å². The average Bonchev–Trinajstić information content (AvgIpc) is 3.19. The second-order valence-corrected chi connectivity index (χ2v) is 7.40.